The van der Waals surface area contributed by atoms with Gasteiger partial charge in [-0.05, 0) is 48.0 Å². The number of halogens is 2. The second-order valence-corrected chi connectivity index (χ2v) is 4.82. The fraction of sp³-hybridized carbons (Fsp3) is 0.167. The molecule has 24 heavy (non-hydrogen) atoms. The van der Waals surface area contributed by atoms with E-state index in [0.29, 0.717) is 11.3 Å². The molecule has 0 saturated heterocycles. The molecule has 2 aromatic carbocycles. The second-order valence-electron chi connectivity index (χ2n) is 4.82. The number of amides is 1. The Morgan fingerprint density at radius 2 is 1.92 bits per heavy atom. The van der Waals surface area contributed by atoms with Crippen molar-refractivity contribution < 1.29 is 23.0 Å². The van der Waals surface area contributed by atoms with Crippen molar-refractivity contribution in [2.24, 2.45) is 0 Å². The molecule has 0 heterocycles. The summed E-state index contributed by atoms with van der Waals surface area (Å²) in [5, 5.41) is 2.63. The second kappa shape index (κ2) is 8.67. The minimum Gasteiger partial charge on any atom is -0.494 e. The van der Waals surface area contributed by atoms with E-state index in [1.54, 1.807) is 6.07 Å². The topological polar surface area (TPSA) is 47.6 Å². The molecule has 0 saturated carbocycles. The summed E-state index contributed by atoms with van der Waals surface area (Å²) in [6, 6.07) is 10.0. The number of rotatable bonds is 7. The zero-order chi connectivity index (χ0) is 17.4. The maximum Gasteiger partial charge on any atom is 0.244 e. The number of methoxy groups -OCH3 is 1. The molecule has 0 radical (unpaired) electrons. The van der Waals surface area contributed by atoms with Crippen LogP contribution in [0, 0.1) is 11.6 Å². The summed E-state index contributed by atoms with van der Waals surface area (Å²) in [5.41, 5.74) is 0.547. The quantitative estimate of drug-likeness (QED) is 0.625. The van der Waals surface area contributed by atoms with Crippen LogP contribution in [0.5, 0.6) is 11.5 Å². The first kappa shape index (κ1) is 17.5. The van der Waals surface area contributed by atoms with Crippen molar-refractivity contribution in [2.75, 3.05) is 20.3 Å². The highest BCUT2D eigenvalue weighted by atomic mass is 19.1. The van der Waals surface area contributed by atoms with Crippen molar-refractivity contribution in [3.8, 4) is 11.5 Å². The lowest BCUT2D eigenvalue weighted by atomic mass is 10.2. The van der Waals surface area contributed by atoms with Crippen molar-refractivity contribution in [2.45, 2.75) is 0 Å². The molecule has 0 aliphatic carbocycles. The molecule has 0 aliphatic rings. The summed E-state index contributed by atoms with van der Waals surface area (Å²) in [6.07, 6.45) is 2.80. The third-order valence-electron chi connectivity index (χ3n) is 3.09. The predicted octanol–water partition coefficient (Wildman–Crippen LogP) is 3.18. The number of benzene rings is 2. The molecule has 0 spiro atoms. The van der Waals surface area contributed by atoms with Gasteiger partial charge in [0, 0.05) is 6.08 Å². The number of carbonyl (C=O) groups excluding carboxylic acids is 1. The van der Waals surface area contributed by atoms with E-state index in [4.69, 9.17) is 9.47 Å². The Morgan fingerprint density at radius 1 is 1.17 bits per heavy atom. The van der Waals surface area contributed by atoms with Crippen molar-refractivity contribution in [3.05, 3.63) is 65.7 Å². The van der Waals surface area contributed by atoms with Gasteiger partial charge in [-0.3, -0.25) is 4.79 Å². The molecule has 126 valence electrons. The Morgan fingerprint density at radius 3 is 2.58 bits per heavy atom. The molecule has 0 atom stereocenters. The Bertz CT molecular complexity index is 715. The van der Waals surface area contributed by atoms with Crippen molar-refractivity contribution in [3.63, 3.8) is 0 Å². The molecule has 6 heteroatoms. The Hall–Kier alpha value is -2.89. The van der Waals surface area contributed by atoms with Crippen LogP contribution in [0.1, 0.15) is 5.56 Å². The normalized spacial score (nSPS) is 10.6. The van der Waals surface area contributed by atoms with Gasteiger partial charge in [0.05, 0.1) is 13.7 Å². The molecule has 0 fully saturated rings. The van der Waals surface area contributed by atoms with Gasteiger partial charge in [0.2, 0.25) is 5.91 Å². The number of hydrogen-bond acceptors (Lipinski definition) is 3. The van der Waals surface area contributed by atoms with Crippen LogP contribution < -0.4 is 14.8 Å². The maximum absolute atomic E-state index is 13.5. The highest BCUT2D eigenvalue weighted by Crippen LogP contribution is 2.18. The first-order valence-electron chi connectivity index (χ1n) is 7.26. The first-order chi connectivity index (χ1) is 11.6. The smallest absolute Gasteiger partial charge is 0.244 e. The number of carbonyl (C=O) groups is 1. The van der Waals surface area contributed by atoms with E-state index in [9.17, 15) is 13.6 Å². The van der Waals surface area contributed by atoms with Crippen LogP contribution in [0.2, 0.25) is 0 Å². The van der Waals surface area contributed by atoms with Gasteiger partial charge in [-0.2, -0.15) is 0 Å². The van der Waals surface area contributed by atoms with Crippen LogP contribution >= 0.6 is 0 Å². The van der Waals surface area contributed by atoms with Crippen molar-refractivity contribution >= 4 is 12.0 Å². The van der Waals surface area contributed by atoms with Gasteiger partial charge >= 0.3 is 0 Å². The minimum atomic E-state index is -0.493. The van der Waals surface area contributed by atoms with Gasteiger partial charge in [0.1, 0.15) is 18.2 Å². The van der Waals surface area contributed by atoms with Gasteiger partial charge in [-0.1, -0.05) is 6.07 Å². The van der Waals surface area contributed by atoms with Gasteiger partial charge < -0.3 is 14.8 Å². The Balaban J connectivity index is 1.74. The van der Waals surface area contributed by atoms with Crippen LogP contribution in [0.15, 0.2) is 48.5 Å². The molecule has 2 rings (SSSR count). The van der Waals surface area contributed by atoms with E-state index in [2.05, 4.69) is 5.32 Å². The third-order valence-corrected chi connectivity index (χ3v) is 3.09. The lowest BCUT2D eigenvalue weighted by Gasteiger charge is -2.06. The lowest BCUT2D eigenvalue weighted by molar-refractivity contribution is -0.116. The Labute approximate surface area is 138 Å². The number of nitrogens with one attached hydrogen (secondary N) is 1. The molecule has 1 N–H and O–H groups in total. The van der Waals surface area contributed by atoms with Crippen molar-refractivity contribution in [1.82, 2.24) is 5.32 Å². The molecule has 2 aromatic rings. The van der Waals surface area contributed by atoms with E-state index in [1.165, 1.54) is 55.7 Å². The summed E-state index contributed by atoms with van der Waals surface area (Å²) in [6.45, 7) is 0.542. The van der Waals surface area contributed by atoms with E-state index >= 15 is 0 Å². The number of ether oxygens (including phenoxy) is 2. The fourth-order valence-corrected chi connectivity index (χ4v) is 1.89. The monoisotopic (exact) mass is 333 g/mol. The molecule has 0 bridgehead atoms. The summed E-state index contributed by atoms with van der Waals surface area (Å²) < 4.78 is 36.4. The molecule has 4 nitrogen and oxygen atoms in total. The lowest BCUT2D eigenvalue weighted by Crippen LogP contribution is -2.26. The average molecular weight is 333 g/mol. The van der Waals surface area contributed by atoms with Crippen molar-refractivity contribution in [1.29, 1.82) is 0 Å². The Kier molecular flexibility index (Phi) is 6.31. The van der Waals surface area contributed by atoms with E-state index < -0.39 is 5.82 Å². The van der Waals surface area contributed by atoms with Crippen LogP contribution in [0.3, 0.4) is 0 Å². The summed E-state index contributed by atoms with van der Waals surface area (Å²) in [7, 11) is 1.38. The average Bonchev–Trinajstić information content (AvgIpc) is 2.58. The van der Waals surface area contributed by atoms with E-state index in [0.717, 1.165) is 0 Å². The largest absolute Gasteiger partial charge is 0.494 e. The molecular weight excluding hydrogens is 316 g/mol. The van der Waals surface area contributed by atoms with Crippen LogP contribution in [-0.4, -0.2) is 26.2 Å². The van der Waals surface area contributed by atoms with E-state index in [1.807, 2.05) is 0 Å². The zero-order valence-electron chi connectivity index (χ0n) is 13.1. The minimum absolute atomic E-state index is 0.148. The van der Waals surface area contributed by atoms with Gasteiger partial charge in [0.25, 0.3) is 0 Å². The van der Waals surface area contributed by atoms with Crippen LogP contribution in [0.25, 0.3) is 6.08 Å². The molecule has 0 aliphatic heterocycles. The summed E-state index contributed by atoms with van der Waals surface area (Å²) in [5.74, 6) is -0.484. The van der Waals surface area contributed by atoms with Gasteiger partial charge in [0.15, 0.2) is 11.6 Å². The standard InChI is InChI=1S/C18H17F2NO3/c1-23-17-8-2-13(12-16(17)20)3-9-18(22)21-10-11-24-15-6-4-14(19)5-7-15/h2-9,12H,10-11H2,1H3,(H,21,22)/b9-3+. The summed E-state index contributed by atoms with van der Waals surface area (Å²) in [4.78, 5) is 11.7. The van der Waals surface area contributed by atoms with Crippen LogP contribution in [-0.2, 0) is 4.79 Å². The first-order valence-corrected chi connectivity index (χ1v) is 7.26. The zero-order valence-corrected chi connectivity index (χ0v) is 13.1. The molecule has 1 amide bonds. The van der Waals surface area contributed by atoms with Crippen LogP contribution in [0.4, 0.5) is 8.78 Å². The number of hydrogen-bond donors (Lipinski definition) is 1. The van der Waals surface area contributed by atoms with Gasteiger partial charge in [-0.15, -0.1) is 0 Å². The SMILES string of the molecule is COc1ccc(/C=C/C(=O)NCCOc2ccc(F)cc2)cc1F. The maximum atomic E-state index is 13.5. The molecular formula is C18H17F2NO3. The van der Waals surface area contributed by atoms with Gasteiger partial charge in [-0.25, -0.2) is 8.78 Å². The fourth-order valence-electron chi connectivity index (χ4n) is 1.89. The highest BCUT2D eigenvalue weighted by Gasteiger charge is 2.02. The third kappa shape index (κ3) is 5.39. The predicted molar refractivity (Wildman–Crippen MR) is 86.9 cm³/mol. The molecule has 0 unspecified atom stereocenters. The van der Waals surface area contributed by atoms with E-state index in [-0.39, 0.29) is 30.6 Å². The highest BCUT2D eigenvalue weighted by molar-refractivity contribution is 5.91. The molecule has 0 aromatic heterocycles. The summed E-state index contributed by atoms with van der Waals surface area (Å²) >= 11 is 0.